The van der Waals surface area contributed by atoms with Crippen molar-refractivity contribution in [2.45, 2.75) is 26.4 Å². The number of nitrogens with zero attached hydrogens (tertiary/aromatic N) is 1. The standard InChI is InChI=1S/C18H24N2/c1-15-3-5-17(6-4-15)13-20(2)14-18-9-7-16(8-10-18)11-12-19/h3-10H,11-14,19H2,1-2H3. The molecule has 2 aromatic rings. The molecule has 0 radical (unpaired) electrons. The van der Waals surface area contributed by atoms with Crippen molar-refractivity contribution in [3.63, 3.8) is 0 Å². The molecule has 2 N–H and O–H groups in total. The van der Waals surface area contributed by atoms with Crippen LogP contribution in [-0.2, 0) is 19.5 Å². The Hall–Kier alpha value is -1.64. The van der Waals surface area contributed by atoms with E-state index in [4.69, 9.17) is 5.73 Å². The van der Waals surface area contributed by atoms with E-state index in [-0.39, 0.29) is 0 Å². The molecular formula is C18H24N2. The third kappa shape index (κ3) is 4.48. The Kier molecular flexibility index (Phi) is 5.33. The largest absolute Gasteiger partial charge is 0.330 e. The van der Waals surface area contributed by atoms with E-state index in [9.17, 15) is 0 Å². The van der Waals surface area contributed by atoms with Gasteiger partial charge in [0.25, 0.3) is 0 Å². The van der Waals surface area contributed by atoms with Gasteiger partial charge in [-0.1, -0.05) is 54.1 Å². The predicted octanol–water partition coefficient (Wildman–Crippen LogP) is 3.13. The van der Waals surface area contributed by atoms with Crippen LogP contribution in [0.3, 0.4) is 0 Å². The van der Waals surface area contributed by atoms with Crippen LogP contribution in [0.1, 0.15) is 22.3 Å². The maximum atomic E-state index is 5.57. The van der Waals surface area contributed by atoms with Gasteiger partial charge in [-0.2, -0.15) is 0 Å². The molecule has 20 heavy (non-hydrogen) atoms. The second-order valence-corrected chi connectivity index (χ2v) is 5.51. The van der Waals surface area contributed by atoms with E-state index in [1.807, 2.05) is 0 Å². The van der Waals surface area contributed by atoms with E-state index in [0.29, 0.717) is 6.54 Å². The predicted molar refractivity (Wildman–Crippen MR) is 85.6 cm³/mol. The molecule has 0 heterocycles. The second-order valence-electron chi connectivity index (χ2n) is 5.51. The van der Waals surface area contributed by atoms with Crippen molar-refractivity contribution >= 4 is 0 Å². The number of rotatable bonds is 6. The normalized spacial score (nSPS) is 11.0. The van der Waals surface area contributed by atoms with E-state index in [1.54, 1.807) is 0 Å². The summed E-state index contributed by atoms with van der Waals surface area (Å²) in [5, 5.41) is 0. The van der Waals surface area contributed by atoms with Crippen LogP contribution < -0.4 is 5.73 Å². The molecule has 2 rings (SSSR count). The summed E-state index contributed by atoms with van der Waals surface area (Å²) in [5.41, 5.74) is 10.9. The lowest BCUT2D eigenvalue weighted by Crippen LogP contribution is -2.17. The lowest BCUT2D eigenvalue weighted by molar-refractivity contribution is 0.319. The molecule has 2 aromatic carbocycles. The lowest BCUT2D eigenvalue weighted by atomic mass is 10.1. The minimum atomic E-state index is 0.715. The summed E-state index contributed by atoms with van der Waals surface area (Å²) < 4.78 is 0. The molecule has 0 spiro atoms. The Morgan fingerprint density at radius 1 is 0.800 bits per heavy atom. The van der Waals surface area contributed by atoms with Crippen LogP contribution in [0.2, 0.25) is 0 Å². The van der Waals surface area contributed by atoms with Crippen molar-refractivity contribution < 1.29 is 0 Å². The number of benzene rings is 2. The fourth-order valence-corrected chi connectivity index (χ4v) is 2.35. The number of nitrogens with two attached hydrogens (primary N) is 1. The maximum Gasteiger partial charge on any atom is 0.0234 e. The smallest absolute Gasteiger partial charge is 0.0234 e. The molecule has 0 aliphatic carbocycles. The SMILES string of the molecule is Cc1ccc(CN(C)Cc2ccc(CCN)cc2)cc1. The third-order valence-corrected chi connectivity index (χ3v) is 3.48. The van der Waals surface area contributed by atoms with Crippen molar-refractivity contribution in [1.29, 1.82) is 0 Å². The molecule has 0 amide bonds. The highest BCUT2D eigenvalue weighted by atomic mass is 15.1. The van der Waals surface area contributed by atoms with Gasteiger partial charge in [0.1, 0.15) is 0 Å². The molecular weight excluding hydrogens is 244 g/mol. The van der Waals surface area contributed by atoms with Gasteiger partial charge in [-0.15, -0.1) is 0 Å². The summed E-state index contributed by atoms with van der Waals surface area (Å²) in [6.45, 7) is 4.78. The van der Waals surface area contributed by atoms with Crippen molar-refractivity contribution in [2.24, 2.45) is 5.73 Å². The van der Waals surface area contributed by atoms with Gasteiger partial charge in [0.05, 0.1) is 0 Å². The van der Waals surface area contributed by atoms with Crippen LogP contribution in [0.25, 0.3) is 0 Å². The molecule has 0 fully saturated rings. The first-order valence-electron chi connectivity index (χ1n) is 7.19. The first kappa shape index (κ1) is 14.8. The van der Waals surface area contributed by atoms with Crippen LogP contribution in [-0.4, -0.2) is 18.5 Å². The molecule has 0 aliphatic heterocycles. The average Bonchev–Trinajstić information content (AvgIpc) is 2.44. The molecule has 0 saturated heterocycles. The van der Waals surface area contributed by atoms with E-state index in [1.165, 1.54) is 22.3 Å². The summed E-state index contributed by atoms with van der Waals surface area (Å²) in [6, 6.07) is 17.5. The topological polar surface area (TPSA) is 29.3 Å². The Bertz CT molecular complexity index is 514. The Labute approximate surface area is 122 Å². The zero-order valence-corrected chi connectivity index (χ0v) is 12.5. The Morgan fingerprint density at radius 2 is 1.25 bits per heavy atom. The number of aryl methyl sites for hydroxylation is 1. The van der Waals surface area contributed by atoms with Gasteiger partial charge in [0.15, 0.2) is 0 Å². The zero-order valence-electron chi connectivity index (χ0n) is 12.5. The third-order valence-electron chi connectivity index (χ3n) is 3.48. The van der Waals surface area contributed by atoms with Gasteiger partial charge in [-0.25, -0.2) is 0 Å². The first-order valence-corrected chi connectivity index (χ1v) is 7.19. The van der Waals surface area contributed by atoms with Crippen molar-refractivity contribution in [1.82, 2.24) is 4.90 Å². The molecule has 0 saturated carbocycles. The minimum absolute atomic E-state index is 0.715. The summed E-state index contributed by atoms with van der Waals surface area (Å²) in [5.74, 6) is 0. The number of hydrogen-bond acceptors (Lipinski definition) is 2. The second kappa shape index (κ2) is 7.22. The summed E-state index contributed by atoms with van der Waals surface area (Å²) in [6.07, 6.45) is 0.958. The fourth-order valence-electron chi connectivity index (χ4n) is 2.35. The van der Waals surface area contributed by atoms with Crippen molar-refractivity contribution in [2.75, 3.05) is 13.6 Å². The molecule has 0 atom stereocenters. The van der Waals surface area contributed by atoms with E-state index in [0.717, 1.165) is 19.5 Å². The Balaban J connectivity index is 1.90. The quantitative estimate of drug-likeness (QED) is 0.872. The van der Waals surface area contributed by atoms with Crippen LogP contribution in [0.4, 0.5) is 0 Å². The van der Waals surface area contributed by atoms with Crippen LogP contribution in [0.15, 0.2) is 48.5 Å². The van der Waals surface area contributed by atoms with Gasteiger partial charge in [-0.3, -0.25) is 4.90 Å². The molecule has 106 valence electrons. The summed E-state index contributed by atoms with van der Waals surface area (Å²) >= 11 is 0. The van der Waals surface area contributed by atoms with Crippen molar-refractivity contribution in [3.05, 3.63) is 70.8 Å². The Morgan fingerprint density at radius 3 is 1.75 bits per heavy atom. The van der Waals surface area contributed by atoms with Gasteiger partial charge in [0, 0.05) is 13.1 Å². The molecule has 0 aromatic heterocycles. The minimum Gasteiger partial charge on any atom is -0.330 e. The monoisotopic (exact) mass is 268 g/mol. The molecule has 0 unspecified atom stereocenters. The molecule has 2 heteroatoms. The molecule has 0 aliphatic rings. The maximum absolute atomic E-state index is 5.57. The van der Waals surface area contributed by atoms with E-state index in [2.05, 4.69) is 67.4 Å². The highest BCUT2D eigenvalue weighted by Gasteiger charge is 2.02. The molecule has 0 bridgehead atoms. The van der Waals surface area contributed by atoms with Crippen molar-refractivity contribution in [3.8, 4) is 0 Å². The first-order chi connectivity index (χ1) is 9.67. The van der Waals surface area contributed by atoms with Gasteiger partial charge < -0.3 is 5.73 Å². The van der Waals surface area contributed by atoms with Gasteiger partial charge in [0.2, 0.25) is 0 Å². The van der Waals surface area contributed by atoms with Crippen LogP contribution in [0.5, 0.6) is 0 Å². The van der Waals surface area contributed by atoms with Crippen LogP contribution in [0, 0.1) is 6.92 Å². The highest BCUT2D eigenvalue weighted by Crippen LogP contribution is 2.10. The average molecular weight is 268 g/mol. The van der Waals surface area contributed by atoms with Crippen LogP contribution >= 0.6 is 0 Å². The van der Waals surface area contributed by atoms with Gasteiger partial charge >= 0.3 is 0 Å². The number of hydrogen-bond donors (Lipinski definition) is 1. The zero-order chi connectivity index (χ0) is 14.4. The highest BCUT2D eigenvalue weighted by molar-refractivity contribution is 5.24. The summed E-state index contributed by atoms with van der Waals surface area (Å²) in [4.78, 5) is 2.34. The van der Waals surface area contributed by atoms with E-state index >= 15 is 0 Å². The fraction of sp³-hybridized carbons (Fsp3) is 0.333. The molecule has 2 nitrogen and oxygen atoms in total. The van der Waals surface area contributed by atoms with Gasteiger partial charge in [-0.05, 0) is 43.6 Å². The lowest BCUT2D eigenvalue weighted by Gasteiger charge is -2.17. The summed E-state index contributed by atoms with van der Waals surface area (Å²) in [7, 11) is 2.16. The van der Waals surface area contributed by atoms with E-state index < -0.39 is 0 Å².